The fourth-order valence-electron chi connectivity index (χ4n) is 1.79. The van der Waals surface area contributed by atoms with Crippen LogP contribution < -0.4 is 4.74 Å². The highest BCUT2D eigenvalue weighted by Gasteiger charge is 2.07. The normalized spacial score (nSPS) is 12.2. The number of rotatable bonds is 8. The molecule has 1 aromatic carbocycles. The van der Waals surface area contributed by atoms with Crippen LogP contribution in [-0.2, 0) is 4.74 Å². The molecule has 1 atom stereocenters. The largest absolute Gasteiger partial charge is 0.497 e. The lowest BCUT2D eigenvalue weighted by Crippen LogP contribution is -2.13. The Morgan fingerprint density at radius 2 is 1.94 bits per heavy atom. The van der Waals surface area contributed by atoms with Gasteiger partial charge in [-0.05, 0) is 36.6 Å². The lowest BCUT2D eigenvalue weighted by atomic mass is 10.1. The van der Waals surface area contributed by atoms with Gasteiger partial charge in [-0.3, -0.25) is 4.79 Å². The Morgan fingerprint density at radius 1 is 1.28 bits per heavy atom. The average molecular weight is 250 g/mol. The molecule has 0 N–H and O–H groups in total. The molecule has 0 spiro atoms. The van der Waals surface area contributed by atoms with Crippen LogP contribution in [-0.4, -0.2) is 26.1 Å². The minimum Gasteiger partial charge on any atom is -0.497 e. The Morgan fingerprint density at radius 3 is 2.50 bits per heavy atom. The molecule has 0 fully saturated rings. The van der Waals surface area contributed by atoms with Gasteiger partial charge in [-0.15, -0.1) is 0 Å². The summed E-state index contributed by atoms with van der Waals surface area (Å²) in [5.74, 6) is 1.28. The monoisotopic (exact) mass is 250 g/mol. The molecule has 0 heterocycles. The molecular weight excluding hydrogens is 228 g/mol. The van der Waals surface area contributed by atoms with Gasteiger partial charge in [0.25, 0.3) is 0 Å². The maximum Gasteiger partial charge on any atom is 0.188 e. The van der Waals surface area contributed by atoms with Crippen LogP contribution in [0.4, 0.5) is 0 Å². The summed E-state index contributed by atoms with van der Waals surface area (Å²) in [7, 11) is 1.61. The van der Waals surface area contributed by atoms with Crippen molar-refractivity contribution >= 4 is 5.78 Å². The first-order valence-electron chi connectivity index (χ1n) is 6.42. The van der Waals surface area contributed by atoms with E-state index in [4.69, 9.17) is 9.47 Å². The number of ketones is 1. The Bertz CT molecular complexity index is 357. The van der Waals surface area contributed by atoms with E-state index in [-0.39, 0.29) is 12.4 Å². The van der Waals surface area contributed by atoms with Crippen molar-refractivity contribution in [1.82, 2.24) is 0 Å². The van der Waals surface area contributed by atoms with Crippen molar-refractivity contribution in [3.63, 3.8) is 0 Å². The van der Waals surface area contributed by atoms with Gasteiger partial charge in [-0.25, -0.2) is 0 Å². The van der Waals surface area contributed by atoms with Crippen LogP contribution in [0.2, 0.25) is 0 Å². The molecule has 1 rings (SSSR count). The van der Waals surface area contributed by atoms with Crippen LogP contribution in [0.3, 0.4) is 0 Å². The zero-order chi connectivity index (χ0) is 13.4. The number of ether oxygens (including phenoxy) is 2. The molecule has 3 heteroatoms. The second-order valence-corrected chi connectivity index (χ2v) is 4.56. The highest BCUT2D eigenvalue weighted by atomic mass is 16.5. The minimum absolute atomic E-state index is 0.0151. The molecule has 1 unspecified atom stereocenters. The number of hydrogen-bond acceptors (Lipinski definition) is 3. The Hall–Kier alpha value is -1.35. The molecule has 0 aliphatic rings. The predicted molar refractivity (Wildman–Crippen MR) is 72.2 cm³/mol. The van der Waals surface area contributed by atoms with Gasteiger partial charge in [0.1, 0.15) is 12.4 Å². The second-order valence-electron chi connectivity index (χ2n) is 4.56. The number of methoxy groups -OCH3 is 1. The van der Waals surface area contributed by atoms with Gasteiger partial charge in [0, 0.05) is 12.2 Å². The maximum absolute atomic E-state index is 11.8. The van der Waals surface area contributed by atoms with Crippen LogP contribution in [0.1, 0.15) is 37.0 Å². The molecule has 0 aliphatic heterocycles. The summed E-state index contributed by atoms with van der Waals surface area (Å²) in [5, 5.41) is 0. The van der Waals surface area contributed by atoms with Gasteiger partial charge in [0.05, 0.1) is 7.11 Å². The van der Waals surface area contributed by atoms with E-state index in [0.29, 0.717) is 18.1 Å². The SMILES string of the molecule is CCCC(C)COCC(=O)c1ccc(OC)cc1. The van der Waals surface area contributed by atoms with Gasteiger partial charge in [0.15, 0.2) is 5.78 Å². The summed E-state index contributed by atoms with van der Waals surface area (Å²) in [6.45, 7) is 5.09. The smallest absolute Gasteiger partial charge is 0.188 e. The second kappa shape index (κ2) is 7.88. The van der Waals surface area contributed by atoms with Crippen molar-refractivity contribution in [2.75, 3.05) is 20.3 Å². The van der Waals surface area contributed by atoms with Crippen molar-refractivity contribution in [2.45, 2.75) is 26.7 Å². The van der Waals surface area contributed by atoms with Crippen molar-refractivity contribution < 1.29 is 14.3 Å². The van der Waals surface area contributed by atoms with Gasteiger partial charge >= 0.3 is 0 Å². The third-order valence-corrected chi connectivity index (χ3v) is 2.83. The molecule has 0 amide bonds. The first-order chi connectivity index (χ1) is 8.67. The van der Waals surface area contributed by atoms with Crippen LogP contribution in [0.25, 0.3) is 0 Å². The molecule has 0 saturated carbocycles. The van der Waals surface area contributed by atoms with Crippen LogP contribution in [0.5, 0.6) is 5.75 Å². The summed E-state index contributed by atoms with van der Waals surface area (Å²) in [5.41, 5.74) is 0.666. The molecule has 0 radical (unpaired) electrons. The number of carbonyl (C=O) groups excluding carboxylic acids is 1. The summed E-state index contributed by atoms with van der Waals surface area (Å²) < 4.78 is 10.5. The molecule has 0 aromatic heterocycles. The van der Waals surface area contributed by atoms with Gasteiger partial charge < -0.3 is 9.47 Å². The molecule has 18 heavy (non-hydrogen) atoms. The van der Waals surface area contributed by atoms with E-state index in [9.17, 15) is 4.79 Å². The Labute approximate surface area is 109 Å². The van der Waals surface area contributed by atoms with Crippen LogP contribution in [0.15, 0.2) is 24.3 Å². The van der Waals surface area contributed by atoms with E-state index in [0.717, 1.165) is 18.6 Å². The Kier molecular flexibility index (Phi) is 6.44. The van der Waals surface area contributed by atoms with E-state index in [2.05, 4.69) is 13.8 Å². The summed E-state index contributed by atoms with van der Waals surface area (Å²) in [4.78, 5) is 11.8. The standard InChI is InChI=1S/C15H22O3/c1-4-5-12(2)10-18-11-15(16)13-6-8-14(17-3)9-7-13/h6-9,12H,4-5,10-11H2,1-3H3. The topological polar surface area (TPSA) is 35.5 Å². The van der Waals surface area contributed by atoms with E-state index in [1.54, 1.807) is 31.4 Å². The lowest BCUT2D eigenvalue weighted by Gasteiger charge is -2.10. The van der Waals surface area contributed by atoms with Crippen LogP contribution in [0, 0.1) is 5.92 Å². The number of benzene rings is 1. The third kappa shape index (κ3) is 4.88. The average Bonchev–Trinajstić information content (AvgIpc) is 2.39. The first-order valence-corrected chi connectivity index (χ1v) is 6.42. The Balaban J connectivity index is 2.35. The summed E-state index contributed by atoms with van der Waals surface area (Å²) in [6, 6.07) is 7.10. The van der Waals surface area contributed by atoms with E-state index < -0.39 is 0 Å². The molecule has 1 aromatic rings. The van der Waals surface area contributed by atoms with Crippen molar-refractivity contribution in [3.05, 3.63) is 29.8 Å². The molecule has 0 aliphatic carbocycles. The zero-order valence-electron chi connectivity index (χ0n) is 11.4. The number of carbonyl (C=O) groups is 1. The molecule has 100 valence electrons. The first kappa shape index (κ1) is 14.7. The van der Waals surface area contributed by atoms with E-state index in [1.807, 2.05) is 0 Å². The molecular formula is C15H22O3. The van der Waals surface area contributed by atoms with Crippen molar-refractivity contribution in [1.29, 1.82) is 0 Å². The van der Waals surface area contributed by atoms with E-state index in [1.165, 1.54) is 0 Å². The maximum atomic E-state index is 11.8. The predicted octanol–water partition coefficient (Wildman–Crippen LogP) is 3.33. The lowest BCUT2D eigenvalue weighted by molar-refractivity contribution is 0.0683. The van der Waals surface area contributed by atoms with Gasteiger partial charge in [0.2, 0.25) is 0 Å². The minimum atomic E-state index is 0.0151. The molecule has 3 nitrogen and oxygen atoms in total. The van der Waals surface area contributed by atoms with Crippen molar-refractivity contribution in [3.8, 4) is 5.75 Å². The van der Waals surface area contributed by atoms with Gasteiger partial charge in [-0.1, -0.05) is 20.3 Å². The fraction of sp³-hybridized carbons (Fsp3) is 0.533. The molecule has 0 bridgehead atoms. The van der Waals surface area contributed by atoms with Crippen molar-refractivity contribution in [2.24, 2.45) is 5.92 Å². The number of Topliss-reactive ketones (excluding diaryl/α,β-unsaturated/α-hetero) is 1. The fourth-order valence-corrected chi connectivity index (χ4v) is 1.79. The van der Waals surface area contributed by atoms with E-state index >= 15 is 0 Å². The highest BCUT2D eigenvalue weighted by molar-refractivity contribution is 5.97. The highest BCUT2D eigenvalue weighted by Crippen LogP contribution is 2.12. The zero-order valence-corrected chi connectivity index (χ0v) is 11.4. The van der Waals surface area contributed by atoms with Gasteiger partial charge in [-0.2, -0.15) is 0 Å². The summed E-state index contributed by atoms with van der Waals surface area (Å²) >= 11 is 0. The summed E-state index contributed by atoms with van der Waals surface area (Å²) in [6.07, 6.45) is 2.29. The quantitative estimate of drug-likeness (QED) is 0.664. The molecule has 0 saturated heterocycles. The van der Waals surface area contributed by atoms with Crippen LogP contribution >= 0.6 is 0 Å². The third-order valence-electron chi connectivity index (χ3n) is 2.83. The number of hydrogen-bond donors (Lipinski definition) is 0.